The number of hydrogen-bond acceptors (Lipinski definition) is 3. The van der Waals surface area contributed by atoms with E-state index >= 15 is 0 Å². The van der Waals surface area contributed by atoms with Gasteiger partial charge in [0.15, 0.2) is 0 Å². The molecule has 0 fully saturated rings. The first-order valence-electron chi connectivity index (χ1n) is 6.09. The fourth-order valence-corrected chi connectivity index (χ4v) is 1.55. The molecule has 0 aliphatic carbocycles. The molecule has 2 N–H and O–H groups in total. The van der Waals surface area contributed by atoms with Crippen LogP contribution in [0.5, 0.6) is 5.75 Å². The lowest BCUT2D eigenvalue weighted by molar-refractivity contribution is -0.325. The maximum atomic E-state index is 11.8. The van der Waals surface area contributed by atoms with Crippen molar-refractivity contribution in [2.24, 2.45) is 5.73 Å². The van der Waals surface area contributed by atoms with Crippen molar-refractivity contribution in [3.63, 3.8) is 0 Å². The molecule has 0 aliphatic rings. The normalized spacial score (nSPS) is 13.3. The summed E-state index contributed by atoms with van der Waals surface area (Å²) in [4.78, 5) is 0. The van der Waals surface area contributed by atoms with Crippen LogP contribution in [0.2, 0.25) is 0 Å². The highest BCUT2D eigenvalue weighted by Gasteiger charge is 2.28. The molecule has 1 atom stereocenters. The third kappa shape index (κ3) is 6.45. The van der Waals surface area contributed by atoms with Crippen molar-refractivity contribution in [3.05, 3.63) is 29.8 Å². The Kier molecular flexibility index (Phi) is 6.11. The quantitative estimate of drug-likeness (QED) is 0.779. The monoisotopic (exact) mass is 277 g/mol. The lowest BCUT2D eigenvalue weighted by Crippen LogP contribution is -2.22. The van der Waals surface area contributed by atoms with Gasteiger partial charge in [0, 0.05) is 6.04 Å². The molecule has 0 heterocycles. The largest absolute Gasteiger partial charge is 0.522 e. The summed E-state index contributed by atoms with van der Waals surface area (Å²) in [6.07, 6.45) is -3.16. The van der Waals surface area contributed by atoms with Crippen LogP contribution in [0.15, 0.2) is 24.3 Å². The Morgan fingerprint density at radius 1 is 1.21 bits per heavy atom. The number of ether oxygens (including phenoxy) is 2. The molecule has 0 saturated heterocycles. The van der Waals surface area contributed by atoms with Gasteiger partial charge >= 0.3 is 6.36 Å². The van der Waals surface area contributed by atoms with Crippen LogP contribution in [0.4, 0.5) is 13.2 Å². The van der Waals surface area contributed by atoms with Crippen molar-refractivity contribution in [2.75, 3.05) is 13.2 Å². The van der Waals surface area contributed by atoms with Crippen LogP contribution in [0.1, 0.15) is 18.9 Å². The van der Waals surface area contributed by atoms with Gasteiger partial charge in [-0.2, -0.15) is 0 Å². The van der Waals surface area contributed by atoms with Crippen molar-refractivity contribution in [1.29, 1.82) is 0 Å². The first kappa shape index (κ1) is 15.8. The number of hydrogen-bond donors (Lipinski definition) is 1. The summed E-state index contributed by atoms with van der Waals surface area (Å²) in [5, 5.41) is 0. The van der Waals surface area contributed by atoms with E-state index < -0.39 is 13.0 Å². The number of rotatable bonds is 7. The fourth-order valence-electron chi connectivity index (χ4n) is 1.55. The Hall–Kier alpha value is -1.27. The zero-order chi connectivity index (χ0) is 14.3. The average Bonchev–Trinajstić information content (AvgIpc) is 2.35. The summed E-state index contributed by atoms with van der Waals surface area (Å²) in [7, 11) is 0. The molecule has 0 spiro atoms. The highest BCUT2D eigenvalue weighted by Crippen LogP contribution is 2.20. The van der Waals surface area contributed by atoms with Gasteiger partial charge in [-0.05, 0) is 24.5 Å². The molecule has 1 aromatic carbocycles. The molecule has 0 bridgehead atoms. The van der Waals surface area contributed by atoms with Gasteiger partial charge in [-0.1, -0.05) is 25.1 Å². The molecule has 3 nitrogen and oxygen atoms in total. The molecule has 6 heteroatoms. The van der Waals surface area contributed by atoms with Crippen LogP contribution in [0.3, 0.4) is 0 Å². The van der Waals surface area contributed by atoms with Crippen molar-refractivity contribution in [1.82, 2.24) is 0 Å². The first-order chi connectivity index (χ1) is 8.92. The smallest absolute Gasteiger partial charge is 0.491 e. The second kappa shape index (κ2) is 7.35. The number of benzene rings is 1. The highest BCUT2D eigenvalue weighted by molar-refractivity contribution is 5.33. The number of para-hydroxylation sites is 1. The zero-order valence-electron chi connectivity index (χ0n) is 10.7. The predicted molar refractivity (Wildman–Crippen MR) is 65.9 cm³/mol. The van der Waals surface area contributed by atoms with E-state index in [9.17, 15) is 13.2 Å². The lowest BCUT2D eigenvalue weighted by Gasteiger charge is -2.14. The van der Waals surface area contributed by atoms with E-state index in [1.165, 1.54) is 0 Å². The maximum Gasteiger partial charge on any atom is 0.522 e. The van der Waals surface area contributed by atoms with Crippen LogP contribution >= 0.6 is 0 Å². The van der Waals surface area contributed by atoms with Crippen LogP contribution in [-0.4, -0.2) is 25.6 Å². The standard InChI is InChI=1S/C13H18F3NO2/c1-2-11(17)9-10-5-3-4-6-12(10)18-7-8-19-13(14,15)16/h3-6,11H,2,7-9,17H2,1H3. The van der Waals surface area contributed by atoms with E-state index in [1.807, 2.05) is 19.1 Å². The molecular formula is C13H18F3NO2. The molecule has 19 heavy (non-hydrogen) atoms. The summed E-state index contributed by atoms with van der Waals surface area (Å²) in [6, 6.07) is 7.19. The highest BCUT2D eigenvalue weighted by atomic mass is 19.4. The predicted octanol–water partition coefficient (Wildman–Crippen LogP) is 2.88. The minimum absolute atomic E-state index is 0.0103. The van der Waals surface area contributed by atoms with Crippen LogP contribution in [0, 0.1) is 0 Å². The van der Waals surface area contributed by atoms with E-state index in [0.717, 1.165) is 12.0 Å². The number of alkyl halides is 3. The summed E-state index contributed by atoms with van der Waals surface area (Å²) >= 11 is 0. The van der Waals surface area contributed by atoms with Gasteiger partial charge in [0.05, 0.1) is 6.61 Å². The van der Waals surface area contributed by atoms with Crippen LogP contribution in [0.25, 0.3) is 0 Å². The minimum atomic E-state index is -4.62. The van der Waals surface area contributed by atoms with Gasteiger partial charge in [-0.15, -0.1) is 13.2 Å². The average molecular weight is 277 g/mol. The molecular weight excluding hydrogens is 259 g/mol. The third-order valence-electron chi connectivity index (χ3n) is 2.59. The number of halogens is 3. The summed E-state index contributed by atoms with van der Waals surface area (Å²) in [6.45, 7) is 1.29. The van der Waals surface area contributed by atoms with Crippen LogP contribution in [-0.2, 0) is 11.2 Å². The minimum Gasteiger partial charge on any atom is -0.491 e. The molecule has 0 saturated carbocycles. The zero-order valence-corrected chi connectivity index (χ0v) is 10.7. The molecule has 0 amide bonds. The second-order valence-corrected chi connectivity index (χ2v) is 4.12. The molecule has 108 valence electrons. The van der Waals surface area contributed by atoms with E-state index in [0.29, 0.717) is 12.2 Å². The van der Waals surface area contributed by atoms with Gasteiger partial charge in [0.2, 0.25) is 0 Å². The number of nitrogens with two attached hydrogens (primary N) is 1. The van der Waals surface area contributed by atoms with E-state index in [1.54, 1.807) is 12.1 Å². The van der Waals surface area contributed by atoms with Crippen molar-refractivity contribution in [3.8, 4) is 5.75 Å². The Balaban J connectivity index is 2.49. The van der Waals surface area contributed by atoms with E-state index in [-0.39, 0.29) is 12.6 Å². The molecule has 1 unspecified atom stereocenters. The molecule has 0 aliphatic heterocycles. The first-order valence-corrected chi connectivity index (χ1v) is 6.09. The Labute approximate surface area is 110 Å². The molecule has 0 aromatic heterocycles. The van der Waals surface area contributed by atoms with Crippen LogP contribution < -0.4 is 10.5 Å². The van der Waals surface area contributed by atoms with Gasteiger partial charge in [-0.3, -0.25) is 4.74 Å². The Morgan fingerprint density at radius 2 is 1.89 bits per heavy atom. The summed E-state index contributed by atoms with van der Waals surface area (Å²) < 4.78 is 44.3. The third-order valence-corrected chi connectivity index (χ3v) is 2.59. The molecule has 1 aromatic rings. The fraction of sp³-hybridized carbons (Fsp3) is 0.538. The van der Waals surface area contributed by atoms with Crippen molar-refractivity contribution in [2.45, 2.75) is 32.2 Å². The van der Waals surface area contributed by atoms with Gasteiger partial charge in [0.1, 0.15) is 12.4 Å². The van der Waals surface area contributed by atoms with Gasteiger partial charge in [-0.25, -0.2) is 0 Å². The Morgan fingerprint density at radius 3 is 2.53 bits per heavy atom. The lowest BCUT2D eigenvalue weighted by atomic mass is 10.0. The second-order valence-electron chi connectivity index (χ2n) is 4.12. The van der Waals surface area contributed by atoms with Gasteiger partial charge in [0.25, 0.3) is 0 Å². The van der Waals surface area contributed by atoms with Crippen molar-refractivity contribution >= 4 is 0 Å². The van der Waals surface area contributed by atoms with Crippen molar-refractivity contribution < 1.29 is 22.6 Å². The summed E-state index contributed by atoms with van der Waals surface area (Å²) in [5.41, 5.74) is 6.75. The SMILES string of the molecule is CCC(N)Cc1ccccc1OCCOC(F)(F)F. The van der Waals surface area contributed by atoms with Gasteiger partial charge < -0.3 is 10.5 Å². The molecule has 0 radical (unpaired) electrons. The summed E-state index contributed by atoms with van der Waals surface area (Å²) in [5.74, 6) is 0.553. The maximum absolute atomic E-state index is 11.8. The van der Waals surface area contributed by atoms with E-state index in [2.05, 4.69) is 4.74 Å². The Bertz CT molecular complexity index is 382. The topological polar surface area (TPSA) is 44.5 Å². The molecule has 1 rings (SSSR count). The van der Waals surface area contributed by atoms with E-state index in [4.69, 9.17) is 10.5 Å².